The van der Waals surface area contributed by atoms with Gasteiger partial charge >= 0.3 is 5.97 Å². The zero-order chi connectivity index (χ0) is 34.0. The van der Waals surface area contributed by atoms with Crippen molar-refractivity contribution in [3.63, 3.8) is 0 Å². The molecule has 0 spiro atoms. The third-order valence-electron chi connectivity index (χ3n) is 7.38. The van der Waals surface area contributed by atoms with Gasteiger partial charge in [-0.3, -0.25) is 0 Å². The van der Waals surface area contributed by atoms with E-state index in [2.05, 4.69) is 13.5 Å². The number of ether oxygens (including phenoxy) is 9. The highest BCUT2D eigenvalue weighted by Gasteiger charge is 1.98. The van der Waals surface area contributed by atoms with Crippen LogP contribution in [0.3, 0.4) is 0 Å². The Labute approximate surface area is 287 Å². The van der Waals surface area contributed by atoms with E-state index in [4.69, 9.17) is 42.6 Å². The lowest BCUT2D eigenvalue weighted by Crippen LogP contribution is -2.15. The van der Waals surface area contributed by atoms with Crippen LogP contribution in [0, 0.1) is 0 Å². The number of esters is 1. The lowest BCUT2D eigenvalue weighted by molar-refractivity contribution is -0.139. The van der Waals surface area contributed by atoms with Crippen molar-refractivity contribution in [1.82, 2.24) is 0 Å². The van der Waals surface area contributed by atoms with Crippen molar-refractivity contribution in [2.24, 2.45) is 0 Å². The Hall–Kier alpha value is -1.11. The number of rotatable bonds is 42. The van der Waals surface area contributed by atoms with Gasteiger partial charge in [-0.05, 0) is 6.42 Å². The Morgan fingerprint density at radius 2 is 0.596 bits per heavy atom. The molecule has 0 aromatic heterocycles. The van der Waals surface area contributed by atoms with E-state index in [1.807, 2.05) is 0 Å². The summed E-state index contributed by atoms with van der Waals surface area (Å²) >= 11 is 0. The molecule has 10 heteroatoms. The molecule has 0 atom stereocenters. The third-order valence-corrected chi connectivity index (χ3v) is 7.38. The maximum absolute atomic E-state index is 10.8. The first-order chi connectivity index (χ1) is 23.3. The normalized spacial score (nSPS) is 11.3. The first kappa shape index (κ1) is 45.9. The molecule has 0 unspecified atom stereocenters. The number of hydrogen-bond donors (Lipinski definition) is 0. The summed E-state index contributed by atoms with van der Waals surface area (Å²) in [4.78, 5) is 10.8. The predicted octanol–water partition coefficient (Wildman–Crippen LogP) is 7.11. The molecule has 0 aliphatic heterocycles. The minimum absolute atomic E-state index is 0.207. The monoisotopic (exact) mass is 677 g/mol. The van der Waals surface area contributed by atoms with E-state index in [1.165, 1.54) is 96.3 Å². The van der Waals surface area contributed by atoms with Gasteiger partial charge in [-0.1, -0.05) is 110 Å². The Morgan fingerprint density at radius 1 is 0.362 bits per heavy atom. The summed E-state index contributed by atoms with van der Waals surface area (Å²) in [6, 6.07) is 0. The third kappa shape index (κ3) is 42.9. The molecule has 47 heavy (non-hydrogen) atoms. The van der Waals surface area contributed by atoms with Gasteiger partial charge in [-0.25, -0.2) is 4.79 Å². The number of hydrogen-bond acceptors (Lipinski definition) is 10. The van der Waals surface area contributed by atoms with Gasteiger partial charge in [0, 0.05) is 12.7 Å². The summed E-state index contributed by atoms with van der Waals surface area (Å²) < 4.78 is 48.6. The van der Waals surface area contributed by atoms with Gasteiger partial charge < -0.3 is 42.6 Å². The molecule has 10 nitrogen and oxygen atoms in total. The second-order valence-electron chi connectivity index (χ2n) is 11.6. The van der Waals surface area contributed by atoms with Crippen LogP contribution in [0.1, 0.15) is 110 Å². The van der Waals surface area contributed by atoms with Gasteiger partial charge in [0.05, 0.1) is 99.1 Å². The van der Waals surface area contributed by atoms with Crippen molar-refractivity contribution in [2.75, 3.05) is 112 Å². The van der Waals surface area contributed by atoms with Crippen LogP contribution in [0.25, 0.3) is 0 Å². The van der Waals surface area contributed by atoms with Gasteiger partial charge in [-0.15, -0.1) is 0 Å². The fourth-order valence-corrected chi connectivity index (χ4v) is 4.65. The van der Waals surface area contributed by atoms with Gasteiger partial charge in [0.15, 0.2) is 0 Å². The van der Waals surface area contributed by atoms with Crippen molar-refractivity contribution < 1.29 is 47.4 Å². The first-order valence-corrected chi connectivity index (χ1v) is 18.7. The molecule has 0 bridgehead atoms. The predicted molar refractivity (Wildman–Crippen MR) is 187 cm³/mol. The Morgan fingerprint density at radius 3 is 0.872 bits per heavy atom. The summed E-state index contributed by atoms with van der Waals surface area (Å²) in [5.41, 5.74) is 0. The highest BCUT2D eigenvalue weighted by atomic mass is 16.6. The van der Waals surface area contributed by atoms with E-state index >= 15 is 0 Å². The molecule has 0 saturated carbocycles. The lowest BCUT2D eigenvalue weighted by atomic mass is 10.0. The van der Waals surface area contributed by atoms with Crippen LogP contribution >= 0.6 is 0 Å². The average Bonchev–Trinajstić information content (AvgIpc) is 3.08. The topological polar surface area (TPSA) is 100 Å². The molecule has 0 N–H and O–H groups in total. The molecule has 0 radical (unpaired) electrons. The smallest absolute Gasteiger partial charge is 0.330 e. The molecule has 0 aromatic rings. The largest absolute Gasteiger partial charge is 0.460 e. The molecule has 0 aromatic carbocycles. The maximum Gasteiger partial charge on any atom is 0.330 e. The number of unbranched alkanes of at least 4 members (excludes halogenated alkanes) is 15. The summed E-state index contributed by atoms with van der Waals surface area (Å²) in [5.74, 6) is -0.451. The maximum atomic E-state index is 10.8. The Balaban J connectivity index is 3.05. The fraction of sp³-hybridized carbons (Fsp3) is 0.919. The van der Waals surface area contributed by atoms with Crippen LogP contribution in [0.15, 0.2) is 12.7 Å². The highest BCUT2D eigenvalue weighted by Crippen LogP contribution is 2.13. The van der Waals surface area contributed by atoms with Crippen LogP contribution in [-0.2, 0) is 47.4 Å². The Kier molecular flexibility index (Phi) is 41.9. The molecule has 0 aliphatic carbocycles. The molecule has 0 rings (SSSR count). The molecule has 0 saturated heterocycles. The first-order valence-electron chi connectivity index (χ1n) is 18.7. The van der Waals surface area contributed by atoms with Crippen molar-refractivity contribution in [3.8, 4) is 0 Å². The Bertz CT molecular complexity index is 608. The van der Waals surface area contributed by atoms with Gasteiger partial charge in [0.1, 0.15) is 6.61 Å². The van der Waals surface area contributed by atoms with Crippen LogP contribution in [-0.4, -0.2) is 118 Å². The minimum atomic E-state index is -0.451. The standard InChI is InChI=1S/C37H72O10/c1-3-5-6-7-8-9-10-11-12-13-14-15-16-17-18-19-20-39-21-22-40-23-24-41-25-26-42-27-28-43-29-30-44-31-32-45-33-34-46-35-36-47-37(38)4-2/h4H,2-3,5-36H2,1H3. The molecule has 0 aliphatic rings. The van der Waals surface area contributed by atoms with Crippen LogP contribution < -0.4 is 0 Å². The number of carbonyl (C=O) groups is 1. The van der Waals surface area contributed by atoms with Crippen molar-refractivity contribution in [3.05, 3.63) is 12.7 Å². The minimum Gasteiger partial charge on any atom is -0.460 e. The van der Waals surface area contributed by atoms with Crippen LogP contribution in [0.2, 0.25) is 0 Å². The second-order valence-corrected chi connectivity index (χ2v) is 11.6. The quantitative estimate of drug-likeness (QED) is 0.0378. The van der Waals surface area contributed by atoms with E-state index in [0.717, 1.165) is 19.1 Å². The van der Waals surface area contributed by atoms with Crippen molar-refractivity contribution in [2.45, 2.75) is 110 Å². The molecule has 280 valence electrons. The molecular formula is C37H72O10. The van der Waals surface area contributed by atoms with Gasteiger partial charge in [0.2, 0.25) is 0 Å². The van der Waals surface area contributed by atoms with E-state index in [1.54, 1.807) is 0 Å². The summed E-state index contributed by atoms with van der Waals surface area (Å²) in [6.07, 6.45) is 23.3. The number of carbonyl (C=O) groups excluding carboxylic acids is 1. The van der Waals surface area contributed by atoms with Crippen molar-refractivity contribution in [1.29, 1.82) is 0 Å². The summed E-state index contributed by atoms with van der Waals surface area (Å²) in [6.45, 7) is 14.3. The van der Waals surface area contributed by atoms with Gasteiger partial charge in [0.25, 0.3) is 0 Å². The van der Waals surface area contributed by atoms with E-state index < -0.39 is 5.97 Å². The fourth-order valence-electron chi connectivity index (χ4n) is 4.65. The molecular weight excluding hydrogens is 604 g/mol. The van der Waals surface area contributed by atoms with E-state index in [0.29, 0.717) is 99.1 Å². The highest BCUT2D eigenvalue weighted by molar-refractivity contribution is 5.81. The van der Waals surface area contributed by atoms with Gasteiger partial charge in [-0.2, -0.15) is 0 Å². The molecule has 0 heterocycles. The zero-order valence-corrected chi connectivity index (χ0v) is 30.2. The second kappa shape index (κ2) is 42.9. The lowest BCUT2D eigenvalue weighted by Gasteiger charge is -2.09. The van der Waals surface area contributed by atoms with E-state index in [-0.39, 0.29) is 6.61 Å². The summed E-state index contributed by atoms with van der Waals surface area (Å²) in [5, 5.41) is 0. The average molecular weight is 677 g/mol. The van der Waals surface area contributed by atoms with E-state index in [9.17, 15) is 4.79 Å². The molecule has 0 amide bonds. The summed E-state index contributed by atoms with van der Waals surface area (Å²) in [7, 11) is 0. The zero-order valence-electron chi connectivity index (χ0n) is 30.2. The van der Waals surface area contributed by atoms with Crippen molar-refractivity contribution >= 4 is 5.97 Å². The van der Waals surface area contributed by atoms with Crippen LogP contribution in [0.5, 0.6) is 0 Å². The molecule has 0 fully saturated rings. The SMILES string of the molecule is C=CC(=O)OCCOCCOCCOCCOCCOCCOCCOCCOCCCCCCCCCCCCCCCCCC. The van der Waals surface area contributed by atoms with Crippen LogP contribution in [0.4, 0.5) is 0 Å².